The fourth-order valence-electron chi connectivity index (χ4n) is 2.81. The Labute approximate surface area is 146 Å². The Morgan fingerprint density at radius 1 is 1.42 bits per heavy atom. The first kappa shape index (κ1) is 16.9. The van der Waals surface area contributed by atoms with Gasteiger partial charge in [0.15, 0.2) is 0 Å². The molecule has 1 saturated heterocycles. The number of urea groups is 1. The maximum absolute atomic E-state index is 12.3. The van der Waals surface area contributed by atoms with E-state index in [9.17, 15) is 4.79 Å². The lowest BCUT2D eigenvalue weighted by molar-refractivity contribution is -0.0132. The van der Waals surface area contributed by atoms with Crippen molar-refractivity contribution in [3.8, 4) is 0 Å². The maximum Gasteiger partial charge on any atom is 0.317 e. The molecule has 1 aliphatic rings. The molecule has 1 aromatic heterocycles. The second kappa shape index (κ2) is 8.26. The molecule has 5 nitrogen and oxygen atoms in total. The van der Waals surface area contributed by atoms with Gasteiger partial charge in [-0.25, -0.2) is 9.78 Å². The van der Waals surface area contributed by atoms with Gasteiger partial charge in [-0.05, 0) is 12.5 Å². The molecule has 0 spiro atoms. The maximum atomic E-state index is 12.3. The van der Waals surface area contributed by atoms with Crippen LogP contribution in [0.3, 0.4) is 0 Å². The summed E-state index contributed by atoms with van der Waals surface area (Å²) in [6.07, 6.45) is 3.55. The molecular weight excluding hydrogens is 322 g/mol. The van der Waals surface area contributed by atoms with Crippen LogP contribution in [0.15, 0.2) is 36.5 Å². The molecule has 1 aromatic carbocycles. The van der Waals surface area contributed by atoms with Crippen molar-refractivity contribution in [3.05, 3.63) is 52.0 Å². The van der Waals surface area contributed by atoms with Crippen molar-refractivity contribution in [2.45, 2.75) is 25.9 Å². The monoisotopic (exact) mass is 345 g/mol. The summed E-state index contributed by atoms with van der Waals surface area (Å²) in [5.41, 5.74) is 1.24. The van der Waals surface area contributed by atoms with Crippen LogP contribution in [0, 0.1) is 6.92 Å². The summed E-state index contributed by atoms with van der Waals surface area (Å²) in [7, 11) is 0. The average molecular weight is 345 g/mol. The Hall–Kier alpha value is -1.92. The SMILES string of the molecule is Cc1cnc(CCNC(=O)N2CCO[C@@H](Cc3ccccc3)C2)s1. The molecule has 128 valence electrons. The van der Waals surface area contributed by atoms with Crippen molar-refractivity contribution < 1.29 is 9.53 Å². The number of aromatic nitrogens is 1. The molecule has 1 atom stereocenters. The van der Waals surface area contributed by atoms with E-state index in [4.69, 9.17) is 4.74 Å². The van der Waals surface area contributed by atoms with Gasteiger partial charge in [0.25, 0.3) is 0 Å². The molecule has 3 rings (SSSR count). The second-order valence-corrected chi connectivity index (χ2v) is 7.29. The van der Waals surface area contributed by atoms with Crippen LogP contribution in [0.5, 0.6) is 0 Å². The molecule has 0 aliphatic carbocycles. The Morgan fingerprint density at radius 3 is 3.00 bits per heavy atom. The summed E-state index contributed by atoms with van der Waals surface area (Å²) in [4.78, 5) is 19.7. The zero-order chi connectivity index (χ0) is 16.8. The van der Waals surface area contributed by atoms with Gasteiger partial charge in [0.05, 0.1) is 17.7 Å². The highest BCUT2D eigenvalue weighted by Gasteiger charge is 2.24. The summed E-state index contributed by atoms with van der Waals surface area (Å²) < 4.78 is 5.81. The molecule has 2 aromatic rings. The zero-order valence-corrected chi connectivity index (χ0v) is 14.7. The number of rotatable bonds is 5. The highest BCUT2D eigenvalue weighted by atomic mass is 32.1. The Morgan fingerprint density at radius 2 is 2.25 bits per heavy atom. The van der Waals surface area contributed by atoms with E-state index in [0.29, 0.717) is 26.2 Å². The minimum absolute atomic E-state index is 0.00959. The molecule has 2 heterocycles. The normalized spacial score (nSPS) is 17.7. The molecule has 1 N–H and O–H groups in total. The predicted octanol–water partition coefficient (Wildman–Crippen LogP) is 2.65. The Kier molecular flexibility index (Phi) is 5.82. The van der Waals surface area contributed by atoms with Crippen molar-refractivity contribution in [2.24, 2.45) is 0 Å². The van der Waals surface area contributed by atoms with Crippen LogP contribution in [-0.2, 0) is 17.6 Å². The van der Waals surface area contributed by atoms with Gasteiger partial charge in [0.2, 0.25) is 0 Å². The molecule has 0 unspecified atom stereocenters. The predicted molar refractivity (Wildman–Crippen MR) is 95.4 cm³/mol. The number of carbonyl (C=O) groups excluding carboxylic acids is 1. The second-order valence-electron chi connectivity index (χ2n) is 5.98. The minimum Gasteiger partial charge on any atom is -0.374 e. The molecule has 24 heavy (non-hydrogen) atoms. The fourth-order valence-corrected chi connectivity index (χ4v) is 3.60. The summed E-state index contributed by atoms with van der Waals surface area (Å²) in [6.45, 7) is 4.54. The van der Waals surface area contributed by atoms with Crippen LogP contribution in [0.4, 0.5) is 4.79 Å². The highest BCUT2D eigenvalue weighted by Crippen LogP contribution is 2.13. The van der Waals surface area contributed by atoms with Crippen LogP contribution in [0.25, 0.3) is 0 Å². The number of nitrogens with zero attached hydrogens (tertiary/aromatic N) is 2. The van der Waals surface area contributed by atoms with Crippen LogP contribution in [0.2, 0.25) is 0 Å². The molecule has 1 aliphatic heterocycles. The molecule has 6 heteroatoms. The van der Waals surface area contributed by atoms with Gasteiger partial charge in [-0.1, -0.05) is 30.3 Å². The number of nitrogens with one attached hydrogen (secondary N) is 1. The van der Waals surface area contributed by atoms with Gasteiger partial charge in [0.1, 0.15) is 0 Å². The summed E-state index contributed by atoms with van der Waals surface area (Å²) in [5.74, 6) is 0. The third-order valence-corrected chi connectivity index (χ3v) is 4.99. The van der Waals surface area contributed by atoms with Crippen molar-refractivity contribution >= 4 is 17.4 Å². The van der Waals surface area contributed by atoms with E-state index in [1.54, 1.807) is 11.3 Å². The summed E-state index contributed by atoms with van der Waals surface area (Å²) in [5, 5.41) is 4.06. The highest BCUT2D eigenvalue weighted by molar-refractivity contribution is 7.11. The first-order valence-electron chi connectivity index (χ1n) is 8.30. The number of amides is 2. The van der Waals surface area contributed by atoms with Gasteiger partial charge in [-0.15, -0.1) is 11.3 Å². The van der Waals surface area contributed by atoms with Gasteiger partial charge in [-0.2, -0.15) is 0 Å². The Balaban J connectivity index is 1.44. The van der Waals surface area contributed by atoms with E-state index in [2.05, 4.69) is 22.4 Å². The van der Waals surface area contributed by atoms with Crippen molar-refractivity contribution in [3.63, 3.8) is 0 Å². The van der Waals surface area contributed by atoms with E-state index in [0.717, 1.165) is 17.8 Å². The van der Waals surface area contributed by atoms with Gasteiger partial charge in [-0.3, -0.25) is 0 Å². The van der Waals surface area contributed by atoms with Crippen molar-refractivity contribution in [1.82, 2.24) is 15.2 Å². The zero-order valence-electron chi connectivity index (χ0n) is 13.9. The largest absolute Gasteiger partial charge is 0.374 e. The number of thiazole rings is 1. The summed E-state index contributed by atoms with van der Waals surface area (Å²) in [6, 6.07) is 10.3. The molecule has 0 saturated carbocycles. The molecule has 1 fully saturated rings. The van der Waals surface area contributed by atoms with Gasteiger partial charge >= 0.3 is 6.03 Å². The number of morpholine rings is 1. The van der Waals surface area contributed by atoms with Crippen molar-refractivity contribution in [2.75, 3.05) is 26.2 Å². The van der Waals surface area contributed by atoms with Crippen LogP contribution < -0.4 is 5.32 Å². The van der Waals surface area contributed by atoms with Gasteiger partial charge < -0.3 is 15.0 Å². The quantitative estimate of drug-likeness (QED) is 0.906. The third-order valence-electron chi connectivity index (χ3n) is 4.02. The van der Waals surface area contributed by atoms with Gasteiger partial charge in [0, 0.05) is 43.5 Å². The topological polar surface area (TPSA) is 54.5 Å². The smallest absolute Gasteiger partial charge is 0.317 e. The number of hydrogen-bond donors (Lipinski definition) is 1. The third kappa shape index (κ3) is 4.79. The van der Waals surface area contributed by atoms with Crippen LogP contribution in [-0.4, -0.2) is 48.3 Å². The Bertz CT molecular complexity index is 659. The van der Waals surface area contributed by atoms with E-state index in [1.807, 2.05) is 36.2 Å². The molecule has 0 radical (unpaired) electrons. The van der Waals surface area contributed by atoms with E-state index in [-0.39, 0.29) is 12.1 Å². The lowest BCUT2D eigenvalue weighted by Gasteiger charge is -2.33. The fraction of sp³-hybridized carbons (Fsp3) is 0.444. The first-order chi connectivity index (χ1) is 11.7. The van der Waals surface area contributed by atoms with Crippen molar-refractivity contribution in [1.29, 1.82) is 0 Å². The number of aryl methyl sites for hydroxylation is 1. The first-order valence-corrected chi connectivity index (χ1v) is 9.12. The lowest BCUT2D eigenvalue weighted by Crippen LogP contribution is -2.50. The molecular formula is C18H23N3O2S. The number of carbonyl (C=O) groups is 1. The van der Waals surface area contributed by atoms with Crippen LogP contribution >= 0.6 is 11.3 Å². The number of benzene rings is 1. The molecule has 0 bridgehead atoms. The average Bonchev–Trinajstić information content (AvgIpc) is 3.01. The number of ether oxygens (including phenoxy) is 1. The molecule has 2 amide bonds. The van der Waals surface area contributed by atoms with E-state index in [1.165, 1.54) is 10.4 Å². The van der Waals surface area contributed by atoms with E-state index < -0.39 is 0 Å². The summed E-state index contributed by atoms with van der Waals surface area (Å²) >= 11 is 1.68. The minimum atomic E-state index is -0.00959. The lowest BCUT2D eigenvalue weighted by atomic mass is 10.1. The van der Waals surface area contributed by atoms with Crippen LogP contribution in [0.1, 0.15) is 15.4 Å². The number of hydrogen-bond acceptors (Lipinski definition) is 4. The van der Waals surface area contributed by atoms with E-state index >= 15 is 0 Å². The standard InChI is InChI=1S/C18H23N3O2S/c1-14-12-20-17(24-14)7-8-19-18(22)21-9-10-23-16(13-21)11-15-5-3-2-4-6-15/h2-6,12,16H,7-11,13H2,1H3,(H,19,22)/t16-/m0/s1.